The van der Waals surface area contributed by atoms with Gasteiger partial charge in [0, 0.05) is 4.47 Å². The van der Waals surface area contributed by atoms with Crippen molar-refractivity contribution in [3.05, 3.63) is 28.2 Å². The van der Waals surface area contributed by atoms with Gasteiger partial charge >= 0.3 is 0 Å². The number of benzene rings is 1. The second-order valence-electron chi connectivity index (χ2n) is 3.44. The van der Waals surface area contributed by atoms with Crippen LogP contribution in [-0.4, -0.2) is 19.0 Å². The normalized spacial score (nSPS) is 12.3. The smallest absolute Gasteiger partial charge is 0.241 e. The van der Waals surface area contributed by atoms with Crippen LogP contribution in [-0.2, 0) is 4.79 Å². The van der Waals surface area contributed by atoms with Crippen LogP contribution in [0.25, 0.3) is 0 Å². The molecule has 4 heteroatoms. The number of rotatable bonds is 3. The number of likely N-dealkylation sites (N-methyl/N-ethyl adjacent to an activating group) is 1. The largest absolute Gasteiger partial charge is 0.324 e. The van der Waals surface area contributed by atoms with Crippen molar-refractivity contribution in [3.63, 3.8) is 0 Å². The molecule has 0 aliphatic heterocycles. The molecule has 15 heavy (non-hydrogen) atoms. The topological polar surface area (TPSA) is 41.1 Å². The van der Waals surface area contributed by atoms with E-state index in [0.29, 0.717) is 0 Å². The van der Waals surface area contributed by atoms with Crippen LogP contribution in [0.3, 0.4) is 0 Å². The van der Waals surface area contributed by atoms with Crippen LogP contribution in [0.1, 0.15) is 12.5 Å². The fourth-order valence-corrected chi connectivity index (χ4v) is 1.48. The lowest BCUT2D eigenvalue weighted by atomic mass is 10.2. The minimum absolute atomic E-state index is 0.0381. The van der Waals surface area contributed by atoms with Crippen molar-refractivity contribution in [3.8, 4) is 0 Å². The molecule has 82 valence electrons. The number of nitrogens with one attached hydrogen (secondary N) is 2. The molecule has 0 aliphatic carbocycles. The summed E-state index contributed by atoms with van der Waals surface area (Å²) in [6.07, 6.45) is 0. The standard InChI is InChI=1S/C11H15BrN2O/c1-7-5-4-6-9(10(7)12)14-11(15)8(2)13-3/h4-6,8,13H,1-3H3,(H,14,15). The van der Waals surface area contributed by atoms with E-state index in [1.165, 1.54) is 0 Å². The van der Waals surface area contributed by atoms with Gasteiger partial charge in [-0.15, -0.1) is 0 Å². The predicted octanol–water partition coefficient (Wildman–Crippen LogP) is 2.30. The van der Waals surface area contributed by atoms with E-state index in [1.54, 1.807) is 7.05 Å². The monoisotopic (exact) mass is 270 g/mol. The van der Waals surface area contributed by atoms with Crippen molar-refractivity contribution in [2.45, 2.75) is 19.9 Å². The number of anilines is 1. The first-order chi connectivity index (χ1) is 7.06. The number of hydrogen-bond acceptors (Lipinski definition) is 2. The van der Waals surface area contributed by atoms with Gasteiger partial charge in [0.05, 0.1) is 11.7 Å². The molecule has 0 saturated carbocycles. The number of amides is 1. The summed E-state index contributed by atoms with van der Waals surface area (Å²) in [6.45, 7) is 3.81. The Kier molecular flexibility index (Phi) is 4.29. The summed E-state index contributed by atoms with van der Waals surface area (Å²) >= 11 is 3.44. The van der Waals surface area contributed by atoms with Gasteiger partial charge in [0.1, 0.15) is 0 Å². The Labute approximate surface area is 98.4 Å². The van der Waals surface area contributed by atoms with E-state index in [-0.39, 0.29) is 11.9 Å². The van der Waals surface area contributed by atoms with Gasteiger partial charge in [-0.25, -0.2) is 0 Å². The van der Waals surface area contributed by atoms with Crippen molar-refractivity contribution in [2.24, 2.45) is 0 Å². The molecule has 0 radical (unpaired) electrons. The van der Waals surface area contributed by atoms with Crippen molar-refractivity contribution < 1.29 is 4.79 Å². The first-order valence-electron chi connectivity index (χ1n) is 4.79. The number of aryl methyl sites for hydroxylation is 1. The van der Waals surface area contributed by atoms with E-state index < -0.39 is 0 Å². The molecule has 0 aromatic heterocycles. The molecule has 0 saturated heterocycles. The van der Waals surface area contributed by atoms with E-state index >= 15 is 0 Å². The lowest BCUT2D eigenvalue weighted by Crippen LogP contribution is -2.35. The molecule has 3 nitrogen and oxygen atoms in total. The lowest BCUT2D eigenvalue weighted by Gasteiger charge is -2.13. The molecule has 1 aromatic carbocycles. The predicted molar refractivity (Wildman–Crippen MR) is 66.0 cm³/mol. The quantitative estimate of drug-likeness (QED) is 0.885. The average Bonchev–Trinajstić information content (AvgIpc) is 2.23. The third kappa shape index (κ3) is 3.04. The van der Waals surface area contributed by atoms with Crippen molar-refractivity contribution in [2.75, 3.05) is 12.4 Å². The summed E-state index contributed by atoms with van der Waals surface area (Å²) in [6, 6.07) is 5.58. The van der Waals surface area contributed by atoms with Gasteiger partial charge in [0.2, 0.25) is 5.91 Å². The van der Waals surface area contributed by atoms with Crippen LogP contribution >= 0.6 is 15.9 Å². The second-order valence-corrected chi connectivity index (χ2v) is 4.23. The molecule has 1 rings (SSSR count). The summed E-state index contributed by atoms with van der Waals surface area (Å²) in [5.41, 5.74) is 1.91. The first-order valence-corrected chi connectivity index (χ1v) is 5.58. The highest BCUT2D eigenvalue weighted by atomic mass is 79.9. The van der Waals surface area contributed by atoms with Crippen LogP contribution in [0.15, 0.2) is 22.7 Å². The van der Waals surface area contributed by atoms with Crippen molar-refractivity contribution >= 4 is 27.5 Å². The summed E-state index contributed by atoms with van der Waals surface area (Å²) in [7, 11) is 1.76. The van der Waals surface area contributed by atoms with Crippen LogP contribution < -0.4 is 10.6 Å². The van der Waals surface area contributed by atoms with Crippen molar-refractivity contribution in [1.82, 2.24) is 5.32 Å². The van der Waals surface area contributed by atoms with E-state index in [0.717, 1.165) is 15.7 Å². The second kappa shape index (κ2) is 5.28. The summed E-state index contributed by atoms with van der Waals surface area (Å²) in [5.74, 6) is -0.0381. The molecule has 0 heterocycles. The number of hydrogen-bond donors (Lipinski definition) is 2. The molecule has 0 aliphatic rings. The SMILES string of the molecule is CNC(C)C(=O)Nc1cccc(C)c1Br. The highest BCUT2D eigenvalue weighted by molar-refractivity contribution is 9.10. The zero-order chi connectivity index (χ0) is 11.4. The third-order valence-corrected chi connectivity index (χ3v) is 3.33. The molecule has 0 bridgehead atoms. The number of carbonyl (C=O) groups is 1. The maximum atomic E-state index is 11.6. The maximum absolute atomic E-state index is 11.6. The Balaban J connectivity index is 2.81. The van der Waals surface area contributed by atoms with E-state index in [4.69, 9.17) is 0 Å². The van der Waals surface area contributed by atoms with Crippen LogP contribution in [0.2, 0.25) is 0 Å². The van der Waals surface area contributed by atoms with Gasteiger partial charge in [0.25, 0.3) is 0 Å². The van der Waals surface area contributed by atoms with Crippen LogP contribution in [0, 0.1) is 6.92 Å². The zero-order valence-electron chi connectivity index (χ0n) is 9.10. The van der Waals surface area contributed by atoms with Crippen LogP contribution in [0.5, 0.6) is 0 Å². The molecular weight excluding hydrogens is 256 g/mol. The third-order valence-electron chi connectivity index (χ3n) is 2.28. The zero-order valence-corrected chi connectivity index (χ0v) is 10.7. The average molecular weight is 271 g/mol. The van der Waals surface area contributed by atoms with Crippen LogP contribution in [0.4, 0.5) is 5.69 Å². The Morgan fingerprint density at radius 3 is 2.73 bits per heavy atom. The van der Waals surface area contributed by atoms with Gasteiger partial charge in [-0.2, -0.15) is 0 Å². The maximum Gasteiger partial charge on any atom is 0.241 e. The van der Waals surface area contributed by atoms with Gasteiger partial charge in [-0.3, -0.25) is 4.79 Å². The fourth-order valence-electron chi connectivity index (χ4n) is 1.12. The molecule has 1 aromatic rings. The molecule has 0 spiro atoms. The van der Waals surface area contributed by atoms with E-state index in [2.05, 4.69) is 26.6 Å². The highest BCUT2D eigenvalue weighted by Gasteiger charge is 2.12. The van der Waals surface area contributed by atoms with Gasteiger partial charge in [-0.05, 0) is 48.5 Å². The van der Waals surface area contributed by atoms with Crippen molar-refractivity contribution in [1.29, 1.82) is 0 Å². The Hall–Kier alpha value is -0.870. The Morgan fingerprint density at radius 1 is 1.47 bits per heavy atom. The molecular formula is C11H15BrN2O. The minimum atomic E-state index is -0.197. The fraction of sp³-hybridized carbons (Fsp3) is 0.364. The molecule has 1 amide bonds. The van der Waals surface area contributed by atoms with E-state index in [9.17, 15) is 4.79 Å². The number of carbonyl (C=O) groups excluding carboxylic acids is 1. The molecule has 1 unspecified atom stereocenters. The molecule has 0 fully saturated rings. The summed E-state index contributed by atoms with van der Waals surface area (Å²) in [4.78, 5) is 11.6. The molecule has 1 atom stereocenters. The number of halogens is 1. The Morgan fingerprint density at radius 2 is 2.13 bits per heavy atom. The van der Waals surface area contributed by atoms with Gasteiger partial charge in [-0.1, -0.05) is 12.1 Å². The summed E-state index contributed by atoms with van der Waals surface area (Å²) < 4.78 is 0.932. The van der Waals surface area contributed by atoms with Gasteiger partial charge < -0.3 is 10.6 Å². The summed E-state index contributed by atoms with van der Waals surface area (Å²) in [5, 5.41) is 5.75. The highest BCUT2D eigenvalue weighted by Crippen LogP contribution is 2.25. The minimum Gasteiger partial charge on any atom is -0.324 e. The molecule has 2 N–H and O–H groups in total. The van der Waals surface area contributed by atoms with Gasteiger partial charge in [0.15, 0.2) is 0 Å². The lowest BCUT2D eigenvalue weighted by molar-refractivity contribution is -0.117. The first kappa shape index (κ1) is 12.2. The van der Waals surface area contributed by atoms with E-state index in [1.807, 2.05) is 32.0 Å². The Bertz CT molecular complexity index is 366.